The van der Waals surface area contributed by atoms with Gasteiger partial charge in [-0.15, -0.1) is 0 Å². The van der Waals surface area contributed by atoms with Crippen molar-refractivity contribution in [2.45, 2.75) is 45.8 Å². The van der Waals surface area contributed by atoms with Crippen molar-refractivity contribution in [1.29, 1.82) is 0 Å². The van der Waals surface area contributed by atoms with Crippen molar-refractivity contribution in [2.24, 2.45) is 0 Å². The van der Waals surface area contributed by atoms with E-state index >= 15 is 0 Å². The third-order valence-corrected chi connectivity index (χ3v) is 4.46. The summed E-state index contributed by atoms with van der Waals surface area (Å²) in [6.07, 6.45) is -0.590. The van der Waals surface area contributed by atoms with E-state index in [1.807, 2.05) is 29.2 Å². The highest BCUT2D eigenvalue weighted by molar-refractivity contribution is 5.80. The molecule has 1 aromatic rings. The van der Waals surface area contributed by atoms with Gasteiger partial charge in [0, 0.05) is 45.2 Å². The van der Waals surface area contributed by atoms with Crippen molar-refractivity contribution in [3.63, 3.8) is 0 Å². The van der Waals surface area contributed by atoms with Crippen LogP contribution in [0.2, 0.25) is 0 Å². The molecule has 2 amide bonds. The second kappa shape index (κ2) is 8.95. The number of hydrogen-bond donors (Lipinski definition) is 2. The van der Waals surface area contributed by atoms with Crippen LogP contribution in [0, 0.1) is 0 Å². The molecule has 0 saturated carbocycles. The molecule has 2 N–H and O–H groups in total. The van der Waals surface area contributed by atoms with Gasteiger partial charge < -0.3 is 25.0 Å². The molecule has 1 atom stereocenters. The predicted molar refractivity (Wildman–Crippen MR) is 105 cm³/mol. The standard InChI is InChI=1S/C20H29N3O5/c1-14(24)22-9-11-23(12-10-22)16-7-5-15(6-8-16)13-17(18(25)26)21-19(27)28-20(2,3)4/h5-8,17H,9-13H2,1-4H3,(H,21,27)(H,25,26)/t17-/m0/s1. The molecule has 154 valence electrons. The van der Waals surface area contributed by atoms with Crippen LogP contribution < -0.4 is 10.2 Å². The van der Waals surface area contributed by atoms with E-state index in [9.17, 15) is 19.5 Å². The van der Waals surface area contributed by atoms with E-state index < -0.39 is 23.7 Å². The first-order valence-electron chi connectivity index (χ1n) is 9.37. The number of aliphatic carboxylic acids is 1. The van der Waals surface area contributed by atoms with Gasteiger partial charge in [0.05, 0.1) is 0 Å². The molecule has 0 unspecified atom stereocenters. The zero-order valence-corrected chi connectivity index (χ0v) is 16.9. The highest BCUT2D eigenvalue weighted by Crippen LogP contribution is 2.18. The Bertz CT molecular complexity index is 704. The molecular formula is C20H29N3O5. The summed E-state index contributed by atoms with van der Waals surface area (Å²) < 4.78 is 5.13. The lowest BCUT2D eigenvalue weighted by atomic mass is 10.1. The second-order valence-electron chi connectivity index (χ2n) is 7.90. The molecule has 0 radical (unpaired) electrons. The van der Waals surface area contributed by atoms with Gasteiger partial charge in [0.25, 0.3) is 0 Å². The summed E-state index contributed by atoms with van der Waals surface area (Å²) in [6.45, 7) is 9.64. The van der Waals surface area contributed by atoms with Gasteiger partial charge in [-0.2, -0.15) is 0 Å². The van der Waals surface area contributed by atoms with Crippen LogP contribution >= 0.6 is 0 Å². The van der Waals surface area contributed by atoms with Gasteiger partial charge in [0.2, 0.25) is 5.91 Å². The molecule has 28 heavy (non-hydrogen) atoms. The topological polar surface area (TPSA) is 99.2 Å². The lowest BCUT2D eigenvalue weighted by Gasteiger charge is -2.35. The van der Waals surface area contributed by atoms with E-state index in [0.717, 1.165) is 24.3 Å². The smallest absolute Gasteiger partial charge is 0.408 e. The van der Waals surface area contributed by atoms with E-state index in [4.69, 9.17) is 4.74 Å². The van der Waals surface area contributed by atoms with Crippen molar-refractivity contribution in [1.82, 2.24) is 10.2 Å². The van der Waals surface area contributed by atoms with Crippen LogP contribution in [0.15, 0.2) is 24.3 Å². The minimum Gasteiger partial charge on any atom is -0.480 e. The molecule has 0 spiro atoms. The summed E-state index contributed by atoms with van der Waals surface area (Å²) in [4.78, 5) is 38.8. The number of ether oxygens (including phenoxy) is 1. The van der Waals surface area contributed by atoms with Crippen molar-refractivity contribution in [3.8, 4) is 0 Å². The molecule has 1 saturated heterocycles. The molecule has 1 heterocycles. The maximum Gasteiger partial charge on any atom is 0.408 e. The van der Waals surface area contributed by atoms with E-state index in [-0.39, 0.29) is 12.3 Å². The Hall–Kier alpha value is -2.77. The van der Waals surface area contributed by atoms with Crippen LogP contribution in [0.1, 0.15) is 33.3 Å². The molecule has 1 aliphatic rings. The zero-order chi connectivity index (χ0) is 20.9. The van der Waals surface area contributed by atoms with Crippen molar-refractivity contribution in [2.75, 3.05) is 31.1 Å². The van der Waals surface area contributed by atoms with Gasteiger partial charge >= 0.3 is 12.1 Å². The molecule has 8 heteroatoms. The molecule has 1 fully saturated rings. The number of amides is 2. The third kappa shape index (κ3) is 6.44. The second-order valence-corrected chi connectivity index (χ2v) is 7.90. The number of anilines is 1. The number of rotatable bonds is 5. The summed E-state index contributed by atoms with van der Waals surface area (Å²) in [7, 11) is 0. The monoisotopic (exact) mass is 391 g/mol. The van der Waals surface area contributed by atoms with Crippen LogP contribution in [0.4, 0.5) is 10.5 Å². The zero-order valence-electron chi connectivity index (χ0n) is 16.9. The number of piperazine rings is 1. The number of alkyl carbamates (subject to hydrolysis) is 1. The fourth-order valence-corrected chi connectivity index (χ4v) is 3.01. The molecule has 1 aliphatic heterocycles. The molecule has 1 aromatic carbocycles. The summed E-state index contributed by atoms with van der Waals surface area (Å²) >= 11 is 0. The first-order chi connectivity index (χ1) is 13.0. The number of nitrogens with one attached hydrogen (secondary N) is 1. The first kappa shape index (κ1) is 21.5. The Kier molecular flexibility index (Phi) is 6.88. The Morgan fingerprint density at radius 1 is 1.11 bits per heavy atom. The van der Waals surface area contributed by atoms with Crippen LogP contribution in [0.3, 0.4) is 0 Å². The Labute approximate surface area is 165 Å². The quantitative estimate of drug-likeness (QED) is 0.795. The summed E-state index contributed by atoms with van der Waals surface area (Å²) in [5.74, 6) is -1.03. The summed E-state index contributed by atoms with van der Waals surface area (Å²) in [5.41, 5.74) is 1.13. The average molecular weight is 391 g/mol. The van der Waals surface area contributed by atoms with E-state index in [0.29, 0.717) is 13.1 Å². The average Bonchev–Trinajstić information content (AvgIpc) is 2.60. The van der Waals surface area contributed by atoms with Gasteiger partial charge in [-0.05, 0) is 38.5 Å². The lowest BCUT2D eigenvalue weighted by molar-refractivity contribution is -0.139. The highest BCUT2D eigenvalue weighted by atomic mass is 16.6. The lowest BCUT2D eigenvalue weighted by Crippen LogP contribution is -2.48. The fourth-order valence-electron chi connectivity index (χ4n) is 3.01. The molecule has 8 nitrogen and oxygen atoms in total. The number of nitrogens with zero attached hydrogens (tertiary/aromatic N) is 2. The molecule has 0 bridgehead atoms. The third-order valence-electron chi connectivity index (χ3n) is 4.46. The Morgan fingerprint density at radius 3 is 2.14 bits per heavy atom. The highest BCUT2D eigenvalue weighted by Gasteiger charge is 2.24. The minimum atomic E-state index is -1.12. The number of carbonyl (C=O) groups excluding carboxylic acids is 2. The molecule has 2 rings (SSSR count). The van der Waals surface area contributed by atoms with Crippen LogP contribution in [-0.4, -0.2) is 65.8 Å². The Morgan fingerprint density at radius 2 is 1.68 bits per heavy atom. The van der Waals surface area contributed by atoms with Crippen molar-refractivity contribution < 1.29 is 24.2 Å². The molecule has 0 aliphatic carbocycles. The largest absolute Gasteiger partial charge is 0.480 e. The van der Waals surface area contributed by atoms with Gasteiger partial charge in [0.15, 0.2) is 0 Å². The predicted octanol–water partition coefficient (Wildman–Crippen LogP) is 1.88. The van der Waals surface area contributed by atoms with Gasteiger partial charge in [-0.3, -0.25) is 4.79 Å². The number of benzene rings is 1. The number of carbonyl (C=O) groups is 3. The van der Waals surface area contributed by atoms with Crippen LogP contribution in [0.25, 0.3) is 0 Å². The summed E-state index contributed by atoms with van der Waals surface area (Å²) in [6, 6.07) is 6.52. The minimum absolute atomic E-state index is 0.0900. The van der Waals surface area contributed by atoms with E-state index in [1.165, 1.54) is 0 Å². The van der Waals surface area contributed by atoms with Crippen LogP contribution in [-0.2, 0) is 20.7 Å². The van der Waals surface area contributed by atoms with Gasteiger partial charge in [-0.1, -0.05) is 12.1 Å². The number of carboxylic acids is 1. The maximum atomic E-state index is 11.9. The summed E-state index contributed by atoms with van der Waals surface area (Å²) in [5, 5.41) is 11.8. The van der Waals surface area contributed by atoms with E-state index in [1.54, 1.807) is 27.7 Å². The Balaban J connectivity index is 1.95. The molecular weight excluding hydrogens is 362 g/mol. The SMILES string of the molecule is CC(=O)N1CCN(c2ccc(C[C@H](NC(=O)OC(C)(C)C)C(=O)O)cc2)CC1. The van der Waals surface area contributed by atoms with Crippen molar-refractivity contribution in [3.05, 3.63) is 29.8 Å². The number of hydrogen-bond acceptors (Lipinski definition) is 5. The maximum absolute atomic E-state index is 11.9. The first-order valence-corrected chi connectivity index (χ1v) is 9.37. The van der Waals surface area contributed by atoms with Gasteiger partial charge in [0.1, 0.15) is 11.6 Å². The van der Waals surface area contributed by atoms with Gasteiger partial charge in [-0.25, -0.2) is 9.59 Å². The number of carboxylic acid groups (broad SMARTS) is 1. The van der Waals surface area contributed by atoms with Crippen LogP contribution in [0.5, 0.6) is 0 Å². The molecule has 0 aromatic heterocycles. The fraction of sp³-hybridized carbons (Fsp3) is 0.550. The van der Waals surface area contributed by atoms with E-state index in [2.05, 4.69) is 10.2 Å². The normalized spacial score (nSPS) is 15.7. The van der Waals surface area contributed by atoms with Crippen molar-refractivity contribution >= 4 is 23.7 Å².